The molecule has 1 nitrogen and oxygen atoms in total. The molecule has 1 atom stereocenters. The van der Waals surface area contributed by atoms with Gasteiger partial charge in [0.2, 0.25) is 0 Å². The van der Waals surface area contributed by atoms with Gasteiger partial charge in [0.1, 0.15) is 5.82 Å². The molecule has 21 heavy (non-hydrogen) atoms. The van der Waals surface area contributed by atoms with E-state index in [0.717, 1.165) is 24.9 Å². The van der Waals surface area contributed by atoms with Crippen LogP contribution in [-0.2, 0) is 12.8 Å². The van der Waals surface area contributed by atoms with Gasteiger partial charge in [0.05, 0.1) is 6.04 Å². The molecule has 2 aromatic rings. The minimum Gasteiger partial charge on any atom is -0.307 e. The van der Waals surface area contributed by atoms with E-state index in [1.165, 1.54) is 28.8 Å². The van der Waals surface area contributed by atoms with Crippen molar-refractivity contribution in [1.82, 2.24) is 5.32 Å². The average molecular weight is 285 g/mol. The summed E-state index contributed by atoms with van der Waals surface area (Å²) in [6.45, 7) is 7.33. The number of nitrogens with one attached hydrogen (secondary N) is 1. The fourth-order valence-corrected chi connectivity index (χ4v) is 2.72. The number of rotatable bonds is 6. The van der Waals surface area contributed by atoms with Gasteiger partial charge in [0.15, 0.2) is 0 Å². The van der Waals surface area contributed by atoms with E-state index in [1.807, 2.05) is 12.1 Å². The molecule has 0 heterocycles. The van der Waals surface area contributed by atoms with Gasteiger partial charge in [-0.05, 0) is 53.8 Å². The minimum absolute atomic E-state index is 0.122. The largest absolute Gasteiger partial charge is 0.307 e. The summed E-state index contributed by atoms with van der Waals surface area (Å²) < 4.78 is 13.2. The summed E-state index contributed by atoms with van der Waals surface area (Å²) in [7, 11) is 0. The Kier molecular flexibility index (Phi) is 5.51. The Balaban J connectivity index is 2.48. The smallest absolute Gasteiger partial charge is 0.123 e. The molecule has 1 unspecified atom stereocenters. The molecule has 0 fully saturated rings. The van der Waals surface area contributed by atoms with Crippen molar-refractivity contribution < 1.29 is 4.39 Å². The molecule has 2 rings (SSSR count). The Hall–Kier alpha value is -1.67. The molecular formula is C19H24FN. The van der Waals surface area contributed by atoms with Gasteiger partial charge >= 0.3 is 0 Å². The van der Waals surface area contributed by atoms with Crippen molar-refractivity contribution in [1.29, 1.82) is 0 Å². The summed E-state index contributed by atoms with van der Waals surface area (Å²) in [5, 5.41) is 3.54. The second-order valence-electron chi connectivity index (χ2n) is 5.28. The lowest BCUT2D eigenvalue weighted by Gasteiger charge is -2.22. The van der Waals surface area contributed by atoms with Crippen LogP contribution in [0.15, 0.2) is 42.5 Å². The van der Waals surface area contributed by atoms with Crippen molar-refractivity contribution in [3.63, 3.8) is 0 Å². The highest BCUT2D eigenvalue weighted by Crippen LogP contribution is 2.27. The highest BCUT2D eigenvalue weighted by atomic mass is 19.1. The summed E-state index contributed by atoms with van der Waals surface area (Å²) in [6, 6.07) is 13.7. The number of hydrogen-bond donors (Lipinski definition) is 1. The van der Waals surface area contributed by atoms with Crippen LogP contribution in [-0.4, -0.2) is 6.54 Å². The highest BCUT2D eigenvalue weighted by Gasteiger charge is 2.16. The molecule has 0 saturated heterocycles. The zero-order chi connectivity index (χ0) is 15.2. The lowest BCUT2D eigenvalue weighted by molar-refractivity contribution is 0.611. The van der Waals surface area contributed by atoms with Gasteiger partial charge in [-0.3, -0.25) is 0 Å². The van der Waals surface area contributed by atoms with Gasteiger partial charge in [-0.25, -0.2) is 4.39 Å². The Morgan fingerprint density at radius 1 is 0.952 bits per heavy atom. The Morgan fingerprint density at radius 2 is 1.67 bits per heavy atom. The molecule has 1 N–H and O–H groups in total. The van der Waals surface area contributed by atoms with Crippen LogP contribution in [0.4, 0.5) is 4.39 Å². The fourth-order valence-electron chi connectivity index (χ4n) is 2.72. The molecule has 0 radical (unpaired) electrons. The van der Waals surface area contributed by atoms with Crippen molar-refractivity contribution in [3.8, 4) is 0 Å². The first-order chi connectivity index (χ1) is 10.2. The van der Waals surface area contributed by atoms with E-state index in [1.54, 1.807) is 0 Å². The third kappa shape index (κ3) is 3.70. The normalized spacial score (nSPS) is 12.4. The van der Waals surface area contributed by atoms with Crippen LogP contribution in [0.1, 0.15) is 49.1 Å². The summed E-state index contributed by atoms with van der Waals surface area (Å²) >= 11 is 0. The van der Waals surface area contributed by atoms with Crippen molar-refractivity contribution in [3.05, 3.63) is 70.5 Å². The van der Waals surface area contributed by atoms with E-state index in [-0.39, 0.29) is 11.9 Å². The molecule has 0 amide bonds. The first-order valence-corrected chi connectivity index (χ1v) is 7.80. The standard InChI is InChI=1S/C19H24FN/c1-4-14-7-8-15(5-2)18(13-14)19(21-6-3)16-9-11-17(20)12-10-16/h7-13,19,21H,4-6H2,1-3H3. The van der Waals surface area contributed by atoms with E-state index in [9.17, 15) is 4.39 Å². The van der Waals surface area contributed by atoms with Crippen LogP contribution < -0.4 is 5.32 Å². The molecular weight excluding hydrogens is 261 g/mol. The van der Waals surface area contributed by atoms with E-state index < -0.39 is 0 Å². The Labute approximate surface area is 127 Å². The third-order valence-corrected chi connectivity index (χ3v) is 3.92. The van der Waals surface area contributed by atoms with Crippen LogP contribution in [0.5, 0.6) is 0 Å². The van der Waals surface area contributed by atoms with Gasteiger partial charge < -0.3 is 5.32 Å². The summed E-state index contributed by atoms with van der Waals surface area (Å²) in [4.78, 5) is 0. The quantitative estimate of drug-likeness (QED) is 0.814. The van der Waals surface area contributed by atoms with Gasteiger partial charge in [-0.1, -0.05) is 51.1 Å². The van der Waals surface area contributed by atoms with Gasteiger partial charge in [-0.2, -0.15) is 0 Å². The van der Waals surface area contributed by atoms with Crippen LogP contribution >= 0.6 is 0 Å². The topological polar surface area (TPSA) is 12.0 Å². The number of halogens is 1. The van der Waals surface area contributed by atoms with Crippen molar-refractivity contribution >= 4 is 0 Å². The minimum atomic E-state index is -0.188. The molecule has 112 valence electrons. The zero-order valence-corrected chi connectivity index (χ0v) is 13.1. The Bertz CT molecular complexity index is 575. The van der Waals surface area contributed by atoms with Crippen LogP contribution in [0, 0.1) is 5.82 Å². The highest BCUT2D eigenvalue weighted by molar-refractivity contribution is 5.40. The van der Waals surface area contributed by atoms with E-state index in [0.29, 0.717) is 0 Å². The first-order valence-electron chi connectivity index (χ1n) is 7.80. The second kappa shape index (κ2) is 7.37. The van der Waals surface area contributed by atoms with E-state index in [4.69, 9.17) is 0 Å². The predicted octanol–water partition coefficient (Wildman–Crippen LogP) is 4.65. The maximum Gasteiger partial charge on any atom is 0.123 e. The lowest BCUT2D eigenvalue weighted by atomic mass is 9.91. The maximum atomic E-state index is 13.2. The molecule has 0 bridgehead atoms. The third-order valence-electron chi connectivity index (χ3n) is 3.92. The van der Waals surface area contributed by atoms with Crippen molar-refractivity contribution in [2.75, 3.05) is 6.54 Å². The number of aryl methyl sites for hydroxylation is 2. The van der Waals surface area contributed by atoms with Gasteiger partial charge in [0.25, 0.3) is 0 Å². The fraction of sp³-hybridized carbons (Fsp3) is 0.368. The molecule has 0 saturated carbocycles. The van der Waals surface area contributed by atoms with Crippen LogP contribution in [0.25, 0.3) is 0 Å². The van der Waals surface area contributed by atoms with Gasteiger partial charge in [-0.15, -0.1) is 0 Å². The summed E-state index contributed by atoms with van der Waals surface area (Å²) in [6.07, 6.45) is 2.03. The molecule has 0 aliphatic carbocycles. The molecule has 0 aromatic heterocycles. The maximum absolute atomic E-state index is 13.2. The summed E-state index contributed by atoms with van der Waals surface area (Å²) in [5.74, 6) is -0.188. The van der Waals surface area contributed by atoms with Crippen LogP contribution in [0.2, 0.25) is 0 Å². The molecule has 0 spiro atoms. The lowest BCUT2D eigenvalue weighted by Crippen LogP contribution is -2.23. The van der Waals surface area contributed by atoms with E-state index in [2.05, 4.69) is 44.3 Å². The first kappa shape index (κ1) is 15.7. The zero-order valence-electron chi connectivity index (χ0n) is 13.1. The number of benzene rings is 2. The average Bonchev–Trinajstić information content (AvgIpc) is 2.53. The summed E-state index contributed by atoms with van der Waals surface area (Å²) in [5.41, 5.74) is 5.11. The van der Waals surface area contributed by atoms with E-state index >= 15 is 0 Å². The Morgan fingerprint density at radius 3 is 2.24 bits per heavy atom. The number of hydrogen-bond acceptors (Lipinski definition) is 1. The monoisotopic (exact) mass is 285 g/mol. The second-order valence-corrected chi connectivity index (χ2v) is 5.28. The van der Waals surface area contributed by atoms with Crippen molar-refractivity contribution in [2.24, 2.45) is 0 Å². The molecule has 0 aliphatic heterocycles. The van der Waals surface area contributed by atoms with Crippen LogP contribution in [0.3, 0.4) is 0 Å². The SMILES string of the molecule is CCNC(c1ccc(F)cc1)c1cc(CC)ccc1CC. The van der Waals surface area contributed by atoms with Crippen molar-refractivity contribution in [2.45, 2.75) is 39.7 Å². The predicted molar refractivity (Wildman–Crippen MR) is 87.1 cm³/mol. The van der Waals surface area contributed by atoms with Gasteiger partial charge in [0, 0.05) is 0 Å². The molecule has 0 aliphatic rings. The molecule has 2 aromatic carbocycles. The molecule has 2 heteroatoms.